The fraction of sp³-hybridized carbons (Fsp3) is 0.296. The molecule has 190 valence electrons. The minimum Gasteiger partial charge on any atom is -0.492 e. The molecule has 3 aromatic rings. The van der Waals surface area contributed by atoms with Crippen LogP contribution in [-0.2, 0) is 10.0 Å². The maximum atomic E-state index is 13.3. The van der Waals surface area contributed by atoms with Gasteiger partial charge in [-0.2, -0.15) is 0 Å². The molecule has 0 bridgehead atoms. The maximum absolute atomic E-state index is 13.3. The lowest BCUT2D eigenvalue weighted by atomic mass is 10.1. The van der Waals surface area contributed by atoms with Crippen LogP contribution in [0.2, 0.25) is 5.02 Å². The quantitative estimate of drug-likeness (QED) is 0.461. The van der Waals surface area contributed by atoms with Crippen LogP contribution in [0.25, 0.3) is 0 Å². The Morgan fingerprint density at radius 3 is 2.39 bits per heavy atom. The number of sulfonamides is 1. The first-order valence-electron chi connectivity index (χ1n) is 11.9. The molecule has 0 aromatic heterocycles. The van der Waals surface area contributed by atoms with Gasteiger partial charge >= 0.3 is 0 Å². The second kappa shape index (κ2) is 10.8. The lowest BCUT2D eigenvalue weighted by Crippen LogP contribution is -2.49. The van der Waals surface area contributed by atoms with Crippen molar-refractivity contribution in [2.45, 2.75) is 25.7 Å². The summed E-state index contributed by atoms with van der Waals surface area (Å²) in [6.45, 7) is 8.61. The largest absolute Gasteiger partial charge is 0.492 e. The number of para-hydroxylation sites is 2. The summed E-state index contributed by atoms with van der Waals surface area (Å²) in [6.07, 6.45) is 0. The van der Waals surface area contributed by atoms with Gasteiger partial charge in [0.2, 0.25) is 0 Å². The summed E-state index contributed by atoms with van der Waals surface area (Å²) in [5, 5.41) is 0.217. The van der Waals surface area contributed by atoms with Crippen molar-refractivity contribution in [2.24, 2.45) is 0 Å². The number of ether oxygens (including phenoxy) is 1. The Morgan fingerprint density at radius 2 is 1.69 bits per heavy atom. The number of hydrogen-bond donors (Lipinski definition) is 1. The van der Waals surface area contributed by atoms with E-state index in [4.69, 9.17) is 16.3 Å². The predicted molar refractivity (Wildman–Crippen MR) is 144 cm³/mol. The topological polar surface area (TPSA) is 79.0 Å². The third kappa shape index (κ3) is 5.60. The van der Waals surface area contributed by atoms with Crippen LogP contribution in [0.4, 0.5) is 11.4 Å². The number of halogens is 1. The van der Waals surface area contributed by atoms with E-state index in [9.17, 15) is 13.2 Å². The van der Waals surface area contributed by atoms with Crippen molar-refractivity contribution < 1.29 is 17.9 Å². The van der Waals surface area contributed by atoms with Crippen LogP contribution >= 0.6 is 11.6 Å². The molecule has 1 aliphatic rings. The molecule has 1 aliphatic heterocycles. The molecule has 0 saturated carbocycles. The second-order valence-corrected chi connectivity index (χ2v) is 10.8. The van der Waals surface area contributed by atoms with Gasteiger partial charge in [-0.05, 0) is 74.4 Å². The number of piperazine rings is 1. The normalized spacial score (nSPS) is 14.0. The van der Waals surface area contributed by atoms with Gasteiger partial charge in [-0.25, -0.2) is 8.42 Å². The highest BCUT2D eigenvalue weighted by Gasteiger charge is 2.26. The third-order valence-corrected chi connectivity index (χ3v) is 8.02. The van der Waals surface area contributed by atoms with Crippen molar-refractivity contribution in [3.8, 4) is 5.75 Å². The SMILES string of the molecule is CCOc1ccccc1N1CCN(C(=O)c2cc(S(=O)(=O)Nc3ccc(C)c(C)c3)ccc2Cl)CC1. The molecular weight excluding hydrogens is 498 g/mol. The molecule has 7 nitrogen and oxygen atoms in total. The summed E-state index contributed by atoms with van der Waals surface area (Å²) in [5.74, 6) is 0.526. The first-order chi connectivity index (χ1) is 17.2. The molecule has 36 heavy (non-hydrogen) atoms. The lowest BCUT2D eigenvalue weighted by molar-refractivity contribution is 0.0746. The van der Waals surface area contributed by atoms with E-state index in [1.807, 2.05) is 51.1 Å². The van der Waals surface area contributed by atoms with Gasteiger partial charge in [0.05, 0.1) is 27.8 Å². The number of carbonyl (C=O) groups is 1. The van der Waals surface area contributed by atoms with E-state index in [0.717, 1.165) is 22.6 Å². The van der Waals surface area contributed by atoms with E-state index in [2.05, 4.69) is 9.62 Å². The molecule has 1 amide bonds. The van der Waals surface area contributed by atoms with Crippen LogP contribution in [0.5, 0.6) is 5.75 Å². The lowest BCUT2D eigenvalue weighted by Gasteiger charge is -2.36. The van der Waals surface area contributed by atoms with E-state index in [1.165, 1.54) is 18.2 Å². The van der Waals surface area contributed by atoms with Gasteiger partial charge in [0, 0.05) is 31.9 Å². The van der Waals surface area contributed by atoms with Crippen LogP contribution in [0.3, 0.4) is 0 Å². The third-order valence-electron chi connectivity index (χ3n) is 6.31. The number of hydrogen-bond acceptors (Lipinski definition) is 5. The molecule has 4 rings (SSSR count). The average molecular weight is 528 g/mol. The number of benzene rings is 3. The molecule has 1 heterocycles. The number of anilines is 2. The highest BCUT2D eigenvalue weighted by Crippen LogP contribution is 2.30. The van der Waals surface area contributed by atoms with E-state index < -0.39 is 10.0 Å². The Hall–Kier alpha value is -3.23. The van der Waals surface area contributed by atoms with Gasteiger partial charge in [0.15, 0.2) is 0 Å². The van der Waals surface area contributed by atoms with Crippen molar-refractivity contribution in [1.29, 1.82) is 0 Å². The van der Waals surface area contributed by atoms with Gasteiger partial charge in [-0.1, -0.05) is 29.8 Å². The molecule has 1 saturated heterocycles. The molecule has 0 aliphatic carbocycles. The van der Waals surface area contributed by atoms with Crippen molar-refractivity contribution in [3.63, 3.8) is 0 Å². The number of rotatable bonds is 7. The molecule has 0 unspecified atom stereocenters. The zero-order chi connectivity index (χ0) is 25.9. The Kier molecular flexibility index (Phi) is 7.76. The zero-order valence-electron chi connectivity index (χ0n) is 20.6. The van der Waals surface area contributed by atoms with Gasteiger partial charge < -0.3 is 14.5 Å². The Labute approximate surface area is 217 Å². The minimum atomic E-state index is -3.90. The summed E-state index contributed by atoms with van der Waals surface area (Å²) in [7, 11) is -3.90. The second-order valence-electron chi connectivity index (χ2n) is 8.73. The predicted octanol–water partition coefficient (Wildman–Crippen LogP) is 5.12. The molecule has 1 fully saturated rings. The Bertz CT molecular complexity index is 1370. The molecule has 0 radical (unpaired) electrons. The number of nitrogens with zero attached hydrogens (tertiary/aromatic N) is 2. The summed E-state index contributed by atoms with van der Waals surface area (Å²) in [5.41, 5.74) is 3.67. The fourth-order valence-corrected chi connectivity index (χ4v) is 5.44. The van der Waals surface area contributed by atoms with Crippen molar-refractivity contribution in [1.82, 2.24) is 4.90 Å². The van der Waals surface area contributed by atoms with Crippen molar-refractivity contribution >= 4 is 38.9 Å². The standard InChI is InChI=1S/C27H30ClN3O4S/c1-4-35-26-8-6-5-7-25(26)30-13-15-31(16-14-30)27(32)23-18-22(11-12-24(23)28)36(33,34)29-21-10-9-19(2)20(3)17-21/h5-12,17-18,29H,4,13-16H2,1-3H3. The first-order valence-corrected chi connectivity index (χ1v) is 13.7. The summed E-state index contributed by atoms with van der Waals surface area (Å²) < 4.78 is 34.4. The van der Waals surface area contributed by atoms with E-state index >= 15 is 0 Å². The molecule has 0 spiro atoms. The van der Waals surface area contributed by atoms with Gasteiger partial charge in [-0.3, -0.25) is 9.52 Å². The number of carbonyl (C=O) groups excluding carboxylic acids is 1. The highest BCUT2D eigenvalue weighted by atomic mass is 35.5. The van der Waals surface area contributed by atoms with E-state index in [1.54, 1.807) is 17.0 Å². The summed E-state index contributed by atoms with van der Waals surface area (Å²) in [4.78, 5) is 17.2. The van der Waals surface area contributed by atoms with Crippen LogP contribution in [0, 0.1) is 13.8 Å². The van der Waals surface area contributed by atoms with E-state index in [-0.39, 0.29) is 21.4 Å². The highest BCUT2D eigenvalue weighted by molar-refractivity contribution is 7.92. The summed E-state index contributed by atoms with van der Waals surface area (Å²) in [6, 6.07) is 17.4. The number of amides is 1. The van der Waals surface area contributed by atoms with Gasteiger partial charge in [0.25, 0.3) is 15.9 Å². The Balaban J connectivity index is 1.49. The van der Waals surface area contributed by atoms with Crippen LogP contribution in [0.15, 0.2) is 65.6 Å². The minimum absolute atomic E-state index is 0.0160. The monoisotopic (exact) mass is 527 g/mol. The maximum Gasteiger partial charge on any atom is 0.261 e. The molecule has 0 atom stereocenters. The van der Waals surface area contributed by atoms with E-state index in [0.29, 0.717) is 38.5 Å². The van der Waals surface area contributed by atoms with Crippen LogP contribution in [0.1, 0.15) is 28.4 Å². The fourth-order valence-electron chi connectivity index (χ4n) is 4.17. The van der Waals surface area contributed by atoms with Crippen LogP contribution < -0.4 is 14.4 Å². The zero-order valence-corrected chi connectivity index (χ0v) is 22.2. The Morgan fingerprint density at radius 1 is 0.972 bits per heavy atom. The van der Waals surface area contributed by atoms with Gasteiger partial charge in [-0.15, -0.1) is 0 Å². The first kappa shape index (κ1) is 25.9. The molecular formula is C27H30ClN3O4S. The molecule has 9 heteroatoms. The molecule has 3 aromatic carbocycles. The summed E-state index contributed by atoms with van der Waals surface area (Å²) >= 11 is 6.35. The van der Waals surface area contributed by atoms with Crippen LogP contribution in [-0.4, -0.2) is 52.0 Å². The van der Waals surface area contributed by atoms with Gasteiger partial charge in [0.1, 0.15) is 5.75 Å². The van der Waals surface area contributed by atoms with Crippen molar-refractivity contribution in [3.05, 3.63) is 82.4 Å². The number of nitrogens with one attached hydrogen (secondary N) is 1. The van der Waals surface area contributed by atoms with Crippen molar-refractivity contribution in [2.75, 3.05) is 42.4 Å². The number of aryl methyl sites for hydroxylation is 2. The molecule has 1 N–H and O–H groups in total. The average Bonchev–Trinajstić information content (AvgIpc) is 2.86. The smallest absolute Gasteiger partial charge is 0.261 e.